The molecule has 2 aromatic rings. The normalized spacial score (nSPS) is 17.6. The summed E-state index contributed by atoms with van der Waals surface area (Å²) in [5.41, 5.74) is 3.85. The number of carbonyl (C=O) groups is 1. The third-order valence-electron chi connectivity index (χ3n) is 6.84. The second-order valence-corrected chi connectivity index (χ2v) is 15.0. The summed E-state index contributed by atoms with van der Waals surface area (Å²) >= 11 is 0. The summed E-state index contributed by atoms with van der Waals surface area (Å²) < 4.78 is 47.3. The molecule has 2 aliphatic heterocycles. The third kappa shape index (κ3) is 5.26. The van der Waals surface area contributed by atoms with Gasteiger partial charge in [0.15, 0.2) is 19.7 Å². The summed E-state index contributed by atoms with van der Waals surface area (Å²) in [7, 11) is -6.34. The minimum atomic E-state index is -3.24. The second kappa shape index (κ2) is 9.24. The molecule has 9 heteroatoms. The molecule has 1 N–H and O–H groups in total. The Morgan fingerprint density at radius 1 is 0.857 bits per heavy atom. The molecule has 0 bridgehead atoms. The van der Waals surface area contributed by atoms with Gasteiger partial charge in [-0.25, -0.2) is 16.8 Å². The quantitative estimate of drug-likeness (QED) is 0.645. The van der Waals surface area contributed by atoms with Gasteiger partial charge < -0.3 is 10.2 Å². The number of anilines is 2. The van der Waals surface area contributed by atoms with E-state index in [2.05, 4.69) is 33.0 Å². The average molecular weight is 521 g/mol. The van der Waals surface area contributed by atoms with Gasteiger partial charge in [-0.3, -0.25) is 4.79 Å². The van der Waals surface area contributed by atoms with Crippen molar-refractivity contribution in [3.05, 3.63) is 47.5 Å². The van der Waals surface area contributed by atoms with Crippen molar-refractivity contribution in [3.63, 3.8) is 0 Å². The standard InChI is InChI=1S/C14H19NO3S.C12H17NO2S/c1-5-19(17,18)11-6-7-12-13(8-11)15(10(2)16)9-14(12,3)4;1-4-16(14,15)9-5-6-10-11(7-9)13-8-12(10,2)3/h6-8H,5,9H2,1-4H3;5-7,13H,4,8H2,1-3H3. The number of rotatable bonds is 4. The topological polar surface area (TPSA) is 101 Å². The van der Waals surface area contributed by atoms with Crippen molar-refractivity contribution in [3.8, 4) is 0 Å². The number of nitrogens with zero attached hydrogens (tertiary/aromatic N) is 1. The van der Waals surface area contributed by atoms with Crippen LogP contribution in [0.5, 0.6) is 0 Å². The first-order valence-electron chi connectivity index (χ1n) is 11.8. The largest absolute Gasteiger partial charge is 0.384 e. The third-order valence-corrected chi connectivity index (χ3v) is 10.3. The Labute approximate surface area is 209 Å². The Kier molecular flexibility index (Phi) is 7.18. The van der Waals surface area contributed by atoms with Crippen molar-refractivity contribution < 1.29 is 21.6 Å². The van der Waals surface area contributed by atoms with E-state index in [4.69, 9.17) is 0 Å². The molecular weight excluding hydrogens is 484 g/mol. The van der Waals surface area contributed by atoms with Gasteiger partial charge in [-0.05, 0) is 35.4 Å². The molecule has 35 heavy (non-hydrogen) atoms. The zero-order valence-corrected chi connectivity index (χ0v) is 23.2. The van der Waals surface area contributed by atoms with Gasteiger partial charge >= 0.3 is 0 Å². The highest BCUT2D eigenvalue weighted by Crippen LogP contribution is 2.41. The first-order chi connectivity index (χ1) is 16.1. The highest BCUT2D eigenvalue weighted by atomic mass is 32.2. The highest BCUT2D eigenvalue weighted by molar-refractivity contribution is 7.91. The van der Waals surface area contributed by atoms with E-state index >= 15 is 0 Å². The summed E-state index contributed by atoms with van der Waals surface area (Å²) in [5, 5.41) is 3.26. The number of sulfone groups is 2. The first-order valence-corrected chi connectivity index (χ1v) is 15.1. The minimum Gasteiger partial charge on any atom is -0.384 e. The lowest BCUT2D eigenvalue weighted by molar-refractivity contribution is -0.116. The number of fused-ring (bicyclic) bond motifs is 2. The van der Waals surface area contributed by atoms with Crippen LogP contribution in [0.1, 0.15) is 59.6 Å². The number of carbonyl (C=O) groups excluding carboxylic acids is 1. The number of nitrogens with one attached hydrogen (secondary N) is 1. The SMILES string of the molecule is CCS(=O)(=O)c1ccc2c(c1)N(C(C)=O)CC2(C)C.CCS(=O)(=O)c1ccc2c(c1)NCC2(C)C. The van der Waals surface area contributed by atoms with Crippen LogP contribution >= 0.6 is 0 Å². The summed E-state index contributed by atoms with van der Waals surface area (Å²) in [6.07, 6.45) is 0. The van der Waals surface area contributed by atoms with Gasteiger partial charge in [-0.1, -0.05) is 53.7 Å². The fraction of sp³-hybridized carbons (Fsp3) is 0.500. The van der Waals surface area contributed by atoms with Crippen LogP contribution in [0, 0.1) is 0 Å². The zero-order valence-electron chi connectivity index (χ0n) is 21.6. The van der Waals surface area contributed by atoms with Gasteiger partial charge in [-0.15, -0.1) is 0 Å². The van der Waals surface area contributed by atoms with Crippen LogP contribution in [0.2, 0.25) is 0 Å². The van der Waals surface area contributed by atoms with Gasteiger partial charge in [0.1, 0.15) is 0 Å². The average Bonchev–Trinajstić information content (AvgIpc) is 3.26. The number of amides is 1. The van der Waals surface area contributed by atoms with Crippen molar-refractivity contribution >= 4 is 37.0 Å². The van der Waals surface area contributed by atoms with Gasteiger partial charge in [0.2, 0.25) is 5.91 Å². The van der Waals surface area contributed by atoms with Gasteiger partial charge in [0, 0.05) is 42.2 Å². The van der Waals surface area contributed by atoms with E-state index in [1.54, 1.807) is 43.0 Å². The molecule has 0 aliphatic carbocycles. The van der Waals surface area contributed by atoms with Crippen molar-refractivity contribution in [2.75, 3.05) is 34.8 Å². The molecule has 0 saturated carbocycles. The Morgan fingerprint density at radius 3 is 1.89 bits per heavy atom. The predicted octanol–water partition coefficient (Wildman–Crippen LogP) is 4.31. The first kappa shape index (κ1) is 27.2. The molecule has 2 aromatic carbocycles. The predicted molar refractivity (Wildman–Crippen MR) is 141 cm³/mol. The lowest BCUT2D eigenvalue weighted by atomic mass is 9.87. The van der Waals surface area contributed by atoms with E-state index in [1.807, 2.05) is 12.1 Å². The van der Waals surface area contributed by atoms with Crippen molar-refractivity contribution in [1.29, 1.82) is 0 Å². The maximum absolute atomic E-state index is 11.9. The van der Waals surface area contributed by atoms with E-state index in [0.29, 0.717) is 11.4 Å². The zero-order chi connectivity index (χ0) is 26.4. The second-order valence-electron chi connectivity index (χ2n) is 10.4. The maximum Gasteiger partial charge on any atom is 0.223 e. The molecule has 0 spiro atoms. The van der Waals surface area contributed by atoms with E-state index in [0.717, 1.165) is 23.5 Å². The molecule has 7 nitrogen and oxygen atoms in total. The Bertz CT molecular complexity index is 1360. The van der Waals surface area contributed by atoms with Gasteiger partial charge in [0.05, 0.1) is 21.3 Å². The molecule has 2 heterocycles. The molecule has 0 unspecified atom stereocenters. The van der Waals surface area contributed by atoms with E-state index in [-0.39, 0.29) is 33.1 Å². The number of hydrogen-bond donors (Lipinski definition) is 1. The summed E-state index contributed by atoms with van der Waals surface area (Å²) in [6, 6.07) is 10.5. The summed E-state index contributed by atoms with van der Waals surface area (Å²) in [5.74, 6) is 0.155. The van der Waals surface area contributed by atoms with E-state index < -0.39 is 19.7 Å². The monoisotopic (exact) mass is 520 g/mol. The lowest BCUT2D eigenvalue weighted by Crippen LogP contribution is -2.32. The molecule has 0 fully saturated rings. The van der Waals surface area contributed by atoms with Crippen LogP contribution in [-0.4, -0.2) is 47.3 Å². The molecule has 192 valence electrons. The van der Waals surface area contributed by atoms with Gasteiger partial charge in [-0.2, -0.15) is 0 Å². The molecule has 0 aromatic heterocycles. The van der Waals surface area contributed by atoms with Crippen LogP contribution in [0.3, 0.4) is 0 Å². The molecule has 4 rings (SSSR count). The Morgan fingerprint density at radius 2 is 1.37 bits per heavy atom. The van der Waals surface area contributed by atoms with Crippen molar-refractivity contribution in [2.24, 2.45) is 0 Å². The van der Waals surface area contributed by atoms with Crippen LogP contribution in [-0.2, 0) is 35.3 Å². The molecule has 1 amide bonds. The summed E-state index contributed by atoms with van der Waals surface area (Å²) in [4.78, 5) is 14.1. The molecule has 0 atom stereocenters. The Hall–Kier alpha value is -2.39. The fourth-order valence-corrected chi connectivity index (χ4v) is 6.35. The van der Waals surface area contributed by atoms with Crippen LogP contribution in [0.15, 0.2) is 46.2 Å². The minimum absolute atomic E-state index is 0.0575. The molecule has 2 aliphatic rings. The summed E-state index contributed by atoms with van der Waals surface area (Å²) in [6.45, 7) is 14.7. The van der Waals surface area contributed by atoms with Gasteiger partial charge in [0.25, 0.3) is 0 Å². The molecule has 0 saturated heterocycles. The Balaban J connectivity index is 0.000000198. The smallest absolute Gasteiger partial charge is 0.223 e. The van der Waals surface area contributed by atoms with Crippen molar-refractivity contribution in [2.45, 2.75) is 69.1 Å². The number of benzene rings is 2. The van der Waals surface area contributed by atoms with Crippen LogP contribution in [0.4, 0.5) is 11.4 Å². The van der Waals surface area contributed by atoms with Crippen LogP contribution in [0.25, 0.3) is 0 Å². The molecular formula is C26H36N2O5S2. The highest BCUT2D eigenvalue weighted by Gasteiger charge is 2.37. The van der Waals surface area contributed by atoms with Crippen molar-refractivity contribution in [1.82, 2.24) is 0 Å². The fourth-order valence-electron chi connectivity index (χ4n) is 4.55. The van der Waals surface area contributed by atoms with E-state index in [1.165, 1.54) is 12.5 Å². The van der Waals surface area contributed by atoms with Crippen LogP contribution < -0.4 is 10.2 Å². The number of hydrogen-bond acceptors (Lipinski definition) is 6. The molecule has 0 radical (unpaired) electrons. The maximum atomic E-state index is 11.9. The van der Waals surface area contributed by atoms with E-state index in [9.17, 15) is 21.6 Å². The lowest BCUT2D eigenvalue weighted by Gasteiger charge is -2.19.